The summed E-state index contributed by atoms with van der Waals surface area (Å²) >= 11 is 12.5. The smallest absolute Gasteiger partial charge is 0.256 e. The van der Waals surface area contributed by atoms with Crippen LogP contribution in [0.1, 0.15) is 10.4 Å². The Hall–Kier alpha value is -2.54. The van der Waals surface area contributed by atoms with Crippen LogP contribution in [0.4, 0.5) is 11.4 Å². The highest BCUT2D eigenvalue weighted by Crippen LogP contribution is 2.35. The van der Waals surface area contributed by atoms with Gasteiger partial charge in [-0.2, -0.15) is 0 Å². The monoisotopic (exact) mass is 434 g/mol. The number of para-hydroxylation sites is 1. The number of carbonyl (C=O) groups is 1. The Morgan fingerprint density at radius 1 is 0.857 bits per heavy atom. The number of anilines is 2. The third kappa shape index (κ3) is 5.04. The SMILES string of the molecule is CS(=O)(=O)Nc1ccc(Cl)c(-c2cc(Cl)ccc2C(=O)Nc2ccccc2)c1. The molecule has 0 aliphatic heterocycles. The normalized spacial score (nSPS) is 11.1. The third-order valence-electron chi connectivity index (χ3n) is 3.82. The molecule has 0 heterocycles. The minimum Gasteiger partial charge on any atom is -0.322 e. The Labute approximate surface area is 173 Å². The highest BCUT2D eigenvalue weighted by atomic mass is 35.5. The third-order valence-corrected chi connectivity index (χ3v) is 4.99. The molecule has 0 radical (unpaired) electrons. The van der Waals surface area contributed by atoms with Gasteiger partial charge in [-0.15, -0.1) is 0 Å². The summed E-state index contributed by atoms with van der Waals surface area (Å²) in [4.78, 5) is 12.8. The summed E-state index contributed by atoms with van der Waals surface area (Å²) in [6, 6.07) is 18.5. The fourth-order valence-corrected chi connectivity index (χ4v) is 3.61. The van der Waals surface area contributed by atoms with E-state index in [4.69, 9.17) is 23.2 Å². The maximum absolute atomic E-state index is 12.8. The molecule has 0 aliphatic rings. The van der Waals surface area contributed by atoms with Crippen LogP contribution < -0.4 is 10.0 Å². The van der Waals surface area contributed by atoms with Crippen molar-refractivity contribution in [2.24, 2.45) is 0 Å². The van der Waals surface area contributed by atoms with Gasteiger partial charge in [0, 0.05) is 32.5 Å². The fraction of sp³-hybridized carbons (Fsp3) is 0.0500. The summed E-state index contributed by atoms with van der Waals surface area (Å²) in [6.45, 7) is 0. The molecule has 0 saturated carbocycles. The molecule has 144 valence electrons. The molecule has 3 rings (SSSR count). The van der Waals surface area contributed by atoms with E-state index in [9.17, 15) is 13.2 Å². The summed E-state index contributed by atoms with van der Waals surface area (Å²) in [7, 11) is -3.46. The van der Waals surface area contributed by atoms with Gasteiger partial charge in [-0.05, 0) is 54.1 Å². The van der Waals surface area contributed by atoms with E-state index in [0.717, 1.165) is 6.26 Å². The lowest BCUT2D eigenvalue weighted by molar-refractivity contribution is 0.102. The first-order valence-corrected chi connectivity index (χ1v) is 10.8. The van der Waals surface area contributed by atoms with Crippen molar-refractivity contribution in [2.45, 2.75) is 0 Å². The zero-order valence-electron chi connectivity index (χ0n) is 14.7. The Kier molecular flexibility index (Phi) is 5.93. The van der Waals surface area contributed by atoms with Gasteiger partial charge in [0.05, 0.1) is 6.26 Å². The van der Waals surface area contributed by atoms with E-state index in [2.05, 4.69) is 10.0 Å². The molecule has 8 heteroatoms. The van der Waals surface area contributed by atoms with Crippen molar-refractivity contribution < 1.29 is 13.2 Å². The van der Waals surface area contributed by atoms with Crippen LogP contribution in [-0.2, 0) is 10.0 Å². The van der Waals surface area contributed by atoms with Crippen molar-refractivity contribution in [3.05, 3.63) is 82.3 Å². The molecule has 2 N–H and O–H groups in total. The lowest BCUT2D eigenvalue weighted by Gasteiger charge is -2.14. The van der Waals surface area contributed by atoms with Crippen LogP contribution in [-0.4, -0.2) is 20.6 Å². The number of rotatable bonds is 5. The van der Waals surface area contributed by atoms with Crippen molar-refractivity contribution >= 4 is 50.5 Å². The number of halogens is 2. The largest absolute Gasteiger partial charge is 0.322 e. The fourth-order valence-electron chi connectivity index (χ4n) is 2.67. The van der Waals surface area contributed by atoms with Gasteiger partial charge in [0.1, 0.15) is 0 Å². The van der Waals surface area contributed by atoms with Crippen LogP contribution in [0.25, 0.3) is 11.1 Å². The zero-order chi connectivity index (χ0) is 20.3. The average Bonchev–Trinajstić information content (AvgIpc) is 2.63. The number of nitrogens with one attached hydrogen (secondary N) is 2. The highest BCUT2D eigenvalue weighted by molar-refractivity contribution is 7.92. The molecule has 1 amide bonds. The van der Waals surface area contributed by atoms with Crippen molar-refractivity contribution in [3.8, 4) is 11.1 Å². The van der Waals surface area contributed by atoms with Gasteiger partial charge >= 0.3 is 0 Å². The molecule has 0 bridgehead atoms. The second-order valence-electron chi connectivity index (χ2n) is 6.08. The van der Waals surface area contributed by atoms with Crippen molar-refractivity contribution in [1.29, 1.82) is 0 Å². The van der Waals surface area contributed by atoms with Gasteiger partial charge < -0.3 is 5.32 Å². The first-order chi connectivity index (χ1) is 13.2. The molecule has 0 saturated heterocycles. The molecule has 28 heavy (non-hydrogen) atoms. The van der Waals surface area contributed by atoms with Crippen LogP contribution in [0, 0.1) is 0 Å². The Morgan fingerprint density at radius 2 is 1.57 bits per heavy atom. The second-order valence-corrected chi connectivity index (χ2v) is 8.67. The summed E-state index contributed by atoms with van der Waals surface area (Å²) in [5, 5.41) is 3.60. The quantitative estimate of drug-likeness (QED) is 0.572. The highest BCUT2D eigenvalue weighted by Gasteiger charge is 2.17. The van der Waals surface area contributed by atoms with Crippen LogP contribution in [0.3, 0.4) is 0 Å². The number of sulfonamides is 1. The van der Waals surface area contributed by atoms with Crippen LogP contribution in [0.5, 0.6) is 0 Å². The lowest BCUT2D eigenvalue weighted by Crippen LogP contribution is -2.13. The van der Waals surface area contributed by atoms with Crippen molar-refractivity contribution in [1.82, 2.24) is 0 Å². The minimum atomic E-state index is -3.46. The summed E-state index contributed by atoms with van der Waals surface area (Å²) in [5.74, 6) is -0.338. The van der Waals surface area contributed by atoms with Gasteiger partial charge in [0.15, 0.2) is 0 Å². The summed E-state index contributed by atoms with van der Waals surface area (Å²) in [5.41, 5.74) is 2.30. The van der Waals surface area contributed by atoms with E-state index in [-0.39, 0.29) is 5.91 Å². The maximum Gasteiger partial charge on any atom is 0.256 e. The van der Waals surface area contributed by atoms with E-state index in [1.54, 1.807) is 48.5 Å². The van der Waals surface area contributed by atoms with Gasteiger partial charge in [0.25, 0.3) is 5.91 Å². The summed E-state index contributed by atoms with van der Waals surface area (Å²) in [6.07, 6.45) is 1.05. The summed E-state index contributed by atoms with van der Waals surface area (Å²) < 4.78 is 25.5. The predicted octanol–water partition coefficient (Wildman–Crippen LogP) is 5.28. The molecule has 0 aliphatic carbocycles. The predicted molar refractivity (Wildman–Crippen MR) is 115 cm³/mol. The second kappa shape index (κ2) is 8.22. The Balaban J connectivity index is 2.06. The molecule has 0 atom stereocenters. The molecular weight excluding hydrogens is 419 g/mol. The Morgan fingerprint density at radius 3 is 2.25 bits per heavy atom. The molecule has 0 fully saturated rings. The van der Waals surface area contributed by atoms with Crippen LogP contribution in [0.15, 0.2) is 66.7 Å². The number of amides is 1. The molecular formula is C20H16Cl2N2O3S. The van der Waals surface area contributed by atoms with E-state index in [1.165, 1.54) is 0 Å². The number of benzene rings is 3. The van der Waals surface area contributed by atoms with Crippen LogP contribution in [0.2, 0.25) is 10.0 Å². The van der Waals surface area contributed by atoms with E-state index >= 15 is 0 Å². The molecule has 5 nitrogen and oxygen atoms in total. The zero-order valence-corrected chi connectivity index (χ0v) is 17.1. The lowest BCUT2D eigenvalue weighted by atomic mass is 9.98. The van der Waals surface area contributed by atoms with Gasteiger partial charge in [0.2, 0.25) is 10.0 Å². The van der Waals surface area contributed by atoms with Crippen molar-refractivity contribution in [2.75, 3.05) is 16.3 Å². The number of hydrogen-bond acceptors (Lipinski definition) is 3. The molecule has 0 aromatic heterocycles. The Bertz CT molecular complexity index is 1130. The molecule has 0 unspecified atom stereocenters. The molecule has 3 aromatic rings. The molecule has 3 aromatic carbocycles. The van der Waals surface area contributed by atoms with Crippen LogP contribution >= 0.6 is 23.2 Å². The maximum atomic E-state index is 12.8. The minimum absolute atomic E-state index is 0.330. The average molecular weight is 435 g/mol. The first kappa shape index (κ1) is 20.2. The molecule has 0 spiro atoms. The number of hydrogen-bond donors (Lipinski definition) is 2. The van der Waals surface area contributed by atoms with Gasteiger partial charge in [-0.1, -0.05) is 41.4 Å². The standard InChI is InChI=1S/C20H16Cl2N2O3S/c1-28(26,27)24-15-8-10-19(22)18(12-15)17-11-13(21)7-9-16(17)20(25)23-14-5-3-2-4-6-14/h2-12,24H,1H3,(H,23,25). The van der Waals surface area contributed by atoms with Crippen molar-refractivity contribution in [3.63, 3.8) is 0 Å². The van der Waals surface area contributed by atoms with E-state index < -0.39 is 10.0 Å². The first-order valence-electron chi connectivity index (χ1n) is 8.16. The van der Waals surface area contributed by atoms with Gasteiger partial charge in [-0.3, -0.25) is 9.52 Å². The van der Waals surface area contributed by atoms with E-state index in [1.807, 2.05) is 18.2 Å². The number of carbonyl (C=O) groups excluding carboxylic acids is 1. The van der Waals surface area contributed by atoms with E-state index in [0.29, 0.717) is 38.1 Å². The topological polar surface area (TPSA) is 75.3 Å². The van der Waals surface area contributed by atoms with Gasteiger partial charge in [-0.25, -0.2) is 8.42 Å².